The first-order valence-electron chi connectivity index (χ1n) is 5.51. The Kier molecular flexibility index (Phi) is 4.50. The quantitative estimate of drug-likeness (QED) is 0.827. The van der Waals surface area contributed by atoms with E-state index in [4.69, 9.17) is 0 Å². The van der Waals surface area contributed by atoms with Gasteiger partial charge in [-0.15, -0.1) is 0 Å². The van der Waals surface area contributed by atoms with Crippen molar-refractivity contribution in [2.24, 2.45) is 0 Å². The lowest BCUT2D eigenvalue weighted by atomic mass is 10.0. The number of carboxylic acid groups (broad SMARTS) is 1. The van der Waals surface area contributed by atoms with E-state index in [-0.39, 0.29) is 6.04 Å². The molecule has 0 aliphatic rings. The maximum Gasteiger partial charge on any atom is 0.321 e. The summed E-state index contributed by atoms with van der Waals surface area (Å²) in [6.07, 6.45) is 0.546. The highest BCUT2D eigenvalue weighted by atomic mass is 16.4. The number of hydrogen-bond donors (Lipinski definition) is 1. The summed E-state index contributed by atoms with van der Waals surface area (Å²) in [6.45, 7) is 4.00. The maximum absolute atomic E-state index is 11.2. The number of hydrogen-bond acceptors (Lipinski definition) is 2. The lowest BCUT2D eigenvalue weighted by Crippen LogP contribution is -2.43. The summed E-state index contributed by atoms with van der Waals surface area (Å²) in [4.78, 5) is 13.1. The van der Waals surface area contributed by atoms with Crippen molar-refractivity contribution in [3.8, 4) is 0 Å². The Balaban J connectivity index is 2.77. The van der Waals surface area contributed by atoms with Gasteiger partial charge < -0.3 is 5.11 Å². The van der Waals surface area contributed by atoms with E-state index in [0.29, 0.717) is 6.42 Å². The average molecular weight is 221 g/mol. The van der Waals surface area contributed by atoms with Crippen molar-refractivity contribution in [3.63, 3.8) is 0 Å². The molecular formula is C13H19NO2. The topological polar surface area (TPSA) is 40.5 Å². The second-order valence-electron chi connectivity index (χ2n) is 4.30. The van der Waals surface area contributed by atoms with Gasteiger partial charge in [0.05, 0.1) is 0 Å². The van der Waals surface area contributed by atoms with Crippen molar-refractivity contribution in [3.05, 3.63) is 35.9 Å². The number of likely N-dealkylation sites (N-methyl/N-ethyl adjacent to an activating group) is 1. The zero-order valence-corrected chi connectivity index (χ0v) is 10.1. The summed E-state index contributed by atoms with van der Waals surface area (Å²) in [5.41, 5.74) is 1.06. The van der Waals surface area contributed by atoms with Crippen LogP contribution in [0.15, 0.2) is 30.3 Å². The van der Waals surface area contributed by atoms with Crippen LogP contribution in [-0.4, -0.2) is 35.1 Å². The predicted molar refractivity (Wildman–Crippen MR) is 64.5 cm³/mol. The Morgan fingerprint density at radius 1 is 1.31 bits per heavy atom. The fraction of sp³-hybridized carbons (Fsp3) is 0.462. The molecule has 0 bridgehead atoms. The molecule has 3 nitrogen and oxygen atoms in total. The van der Waals surface area contributed by atoms with Crippen molar-refractivity contribution in [1.82, 2.24) is 4.90 Å². The van der Waals surface area contributed by atoms with Crippen LogP contribution < -0.4 is 0 Å². The van der Waals surface area contributed by atoms with Crippen LogP contribution in [0.25, 0.3) is 0 Å². The zero-order chi connectivity index (χ0) is 12.1. The fourth-order valence-corrected chi connectivity index (χ4v) is 1.60. The third kappa shape index (κ3) is 3.35. The maximum atomic E-state index is 11.2. The molecule has 0 saturated heterocycles. The second kappa shape index (κ2) is 5.66. The molecular weight excluding hydrogens is 202 g/mol. The Morgan fingerprint density at radius 2 is 1.88 bits per heavy atom. The molecule has 0 fully saturated rings. The van der Waals surface area contributed by atoms with E-state index in [0.717, 1.165) is 5.56 Å². The number of benzene rings is 1. The second-order valence-corrected chi connectivity index (χ2v) is 4.30. The molecule has 0 amide bonds. The van der Waals surface area contributed by atoms with Crippen molar-refractivity contribution < 1.29 is 9.90 Å². The van der Waals surface area contributed by atoms with Gasteiger partial charge >= 0.3 is 5.97 Å². The molecule has 1 N–H and O–H groups in total. The Bertz CT molecular complexity index is 335. The smallest absolute Gasteiger partial charge is 0.321 e. The van der Waals surface area contributed by atoms with Gasteiger partial charge in [-0.2, -0.15) is 0 Å². The van der Waals surface area contributed by atoms with Gasteiger partial charge in [0.15, 0.2) is 0 Å². The molecule has 88 valence electrons. The summed E-state index contributed by atoms with van der Waals surface area (Å²) in [5, 5.41) is 9.21. The Hall–Kier alpha value is -1.35. The molecule has 1 rings (SSSR count). The molecule has 0 unspecified atom stereocenters. The van der Waals surface area contributed by atoms with Gasteiger partial charge in [-0.05, 0) is 32.9 Å². The van der Waals surface area contributed by atoms with Crippen LogP contribution in [0.1, 0.15) is 19.4 Å². The Labute approximate surface area is 96.7 Å². The van der Waals surface area contributed by atoms with Crippen molar-refractivity contribution in [2.45, 2.75) is 32.4 Å². The molecule has 1 atom stereocenters. The molecule has 0 aromatic heterocycles. The first kappa shape index (κ1) is 12.7. The van der Waals surface area contributed by atoms with Gasteiger partial charge in [0, 0.05) is 6.04 Å². The van der Waals surface area contributed by atoms with E-state index in [1.54, 1.807) is 0 Å². The summed E-state index contributed by atoms with van der Waals surface area (Å²) < 4.78 is 0. The van der Waals surface area contributed by atoms with E-state index in [1.807, 2.05) is 56.1 Å². The van der Waals surface area contributed by atoms with Crippen molar-refractivity contribution >= 4 is 5.97 Å². The van der Waals surface area contributed by atoms with Crippen molar-refractivity contribution in [1.29, 1.82) is 0 Å². The molecule has 0 spiro atoms. The van der Waals surface area contributed by atoms with E-state index >= 15 is 0 Å². The number of carbonyl (C=O) groups is 1. The highest BCUT2D eigenvalue weighted by Crippen LogP contribution is 2.10. The monoisotopic (exact) mass is 221 g/mol. The van der Waals surface area contributed by atoms with E-state index < -0.39 is 12.0 Å². The molecule has 0 aliphatic carbocycles. The van der Waals surface area contributed by atoms with Crippen LogP contribution in [0.5, 0.6) is 0 Å². The van der Waals surface area contributed by atoms with Crippen LogP contribution in [0.4, 0.5) is 0 Å². The zero-order valence-electron chi connectivity index (χ0n) is 10.1. The molecule has 0 saturated carbocycles. The summed E-state index contributed by atoms with van der Waals surface area (Å²) in [5.74, 6) is -0.764. The van der Waals surface area contributed by atoms with Crippen LogP contribution >= 0.6 is 0 Å². The minimum Gasteiger partial charge on any atom is -0.480 e. The van der Waals surface area contributed by atoms with Gasteiger partial charge in [-0.25, -0.2) is 0 Å². The highest BCUT2D eigenvalue weighted by molar-refractivity contribution is 5.74. The van der Waals surface area contributed by atoms with Crippen LogP contribution in [0.3, 0.4) is 0 Å². The van der Waals surface area contributed by atoms with E-state index in [2.05, 4.69) is 0 Å². The lowest BCUT2D eigenvalue weighted by Gasteiger charge is -2.28. The SMILES string of the molecule is CC(C)N(C)[C@@H](Cc1ccccc1)C(=O)O. The molecule has 1 aromatic carbocycles. The van der Waals surface area contributed by atoms with Crippen molar-refractivity contribution in [2.75, 3.05) is 7.05 Å². The van der Waals surface area contributed by atoms with Gasteiger partial charge in [-0.3, -0.25) is 9.69 Å². The largest absolute Gasteiger partial charge is 0.480 e. The van der Waals surface area contributed by atoms with Gasteiger partial charge in [-0.1, -0.05) is 30.3 Å². The average Bonchev–Trinajstić information content (AvgIpc) is 2.26. The minimum absolute atomic E-state index is 0.227. The number of rotatable bonds is 5. The van der Waals surface area contributed by atoms with Gasteiger partial charge in [0.1, 0.15) is 6.04 Å². The summed E-state index contributed by atoms with van der Waals surface area (Å²) in [7, 11) is 1.85. The summed E-state index contributed by atoms with van der Waals surface area (Å²) >= 11 is 0. The number of nitrogens with zero attached hydrogens (tertiary/aromatic N) is 1. The van der Waals surface area contributed by atoms with Crippen LogP contribution in [0, 0.1) is 0 Å². The first-order chi connectivity index (χ1) is 7.52. The number of aliphatic carboxylic acids is 1. The molecule has 0 heterocycles. The molecule has 16 heavy (non-hydrogen) atoms. The Morgan fingerprint density at radius 3 is 2.31 bits per heavy atom. The fourth-order valence-electron chi connectivity index (χ4n) is 1.60. The van der Waals surface area contributed by atoms with E-state index in [9.17, 15) is 9.90 Å². The van der Waals surface area contributed by atoms with Crippen LogP contribution in [0.2, 0.25) is 0 Å². The third-order valence-electron chi connectivity index (χ3n) is 2.86. The molecule has 0 aliphatic heterocycles. The molecule has 0 radical (unpaired) electrons. The summed E-state index contributed by atoms with van der Waals surface area (Å²) in [6, 6.07) is 9.50. The number of carboxylic acids is 1. The third-order valence-corrected chi connectivity index (χ3v) is 2.86. The van der Waals surface area contributed by atoms with Gasteiger partial charge in [0.2, 0.25) is 0 Å². The molecule has 1 aromatic rings. The normalized spacial score (nSPS) is 13.1. The van der Waals surface area contributed by atoms with E-state index in [1.165, 1.54) is 0 Å². The molecule has 3 heteroatoms. The first-order valence-corrected chi connectivity index (χ1v) is 5.51. The highest BCUT2D eigenvalue weighted by Gasteiger charge is 2.24. The lowest BCUT2D eigenvalue weighted by molar-refractivity contribution is -0.143. The van der Waals surface area contributed by atoms with Crippen LogP contribution in [-0.2, 0) is 11.2 Å². The minimum atomic E-state index is -0.764. The standard InChI is InChI=1S/C13H19NO2/c1-10(2)14(3)12(13(15)16)9-11-7-5-4-6-8-11/h4-8,10,12H,9H2,1-3H3,(H,15,16)/t12-/m0/s1. The van der Waals surface area contributed by atoms with Gasteiger partial charge in [0.25, 0.3) is 0 Å². The predicted octanol–water partition coefficient (Wildman–Crippen LogP) is 2.02.